The highest BCUT2D eigenvalue weighted by Crippen LogP contribution is 2.22. The van der Waals surface area contributed by atoms with E-state index in [1.807, 2.05) is 13.1 Å². The molecule has 0 saturated carbocycles. The first-order chi connectivity index (χ1) is 8.69. The predicted molar refractivity (Wildman–Crippen MR) is 78.4 cm³/mol. The van der Waals surface area contributed by atoms with Crippen LogP contribution in [0.5, 0.6) is 0 Å². The molecule has 2 rings (SSSR count). The molecule has 0 aromatic carbocycles. The highest BCUT2D eigenvalue weighted by Gasteiger charge is 2.26. The largest absolute Gasteiger partial charge is 0.466 e. The zero-order chi connectivity index (χ0) is 13.0. The van der Waals surface area contributed by atoms with E-state index < -0.39 is 0 Å². The number of nitrogens with zero attached hydrogens (tertiary/aromatic N) is 2. The average Bonchev–Trinajstić information content (AvgIpc) is 2.75. The normalized spacial score (nSPS) is 19.7. The molecule has 1 fully saturated rings. The number of hydrogen-bond donors (Lipinski definition) is 1. The molecular weight excluding hydrogens is 286 g/mol. The van der Waals surface area contributed by atoms with Gasteiger partial charge >= 0.3 is 5.97 Å². The second-order valence-electron chi connectivity index (χ2n) is 4.49. The molecule has 1 aliphatic rings. The number of carbonyl (C=O) groups is 1. The van der Waals surface area contributed by atoms with E-state index in [1.54, 1.807) is 0 Å². The number of thiazole rings is 1. The minimum absolute atomic E-state index is 0. The van der Waals surface area contributed by atoms with Crippen molar-refractivity contribution in [2.24, 2.45) is 5.92 Å². The Labute approximate surface area is 123 Å². The Hall–Kier alpha value is -0.850. The van der Waals surface area contributed by atoms with Crippen molar-refractivity contribution in [2.75, 3.05) is 25.4 Å². The van der Waals surface area contributed by atoms with E-state index in [2.05, 4.69) is 9.88 Å². The van der Waals surface area contributed by atoms with Gasteiger partial charge < -0.3 is 10.5 Å². The number of nitrogens with two attached hydrogens (primary N) is 1. The summed E-state index contributed by atoms with van der Waals surface area (Å²) in [6, 6.07) is 0. The molecule has 1 saturated heterocycles. The maximum atomic E-state index is 11.7. The number of carbonyl (C=O) groups excluding carboxylic acids is 1. The number of halogens is 1. The molecule has 5 nitrogen and oxygen atoms in total. The molecule has 1 unspecified atom stereocenters. The quantitative estimate of drug-likeness (QED) is 0.861. The summed E-state index contributed by atoms with van der Waals surface area (Å²) in [5.74, 6) is -0.0463. The van der Waals surface area contributed by atoms with E-state index in [9.17, 15) is 4.79 Å². The molecule has 1 aromatic rings. The van der Waals surface area contributed by atoms with Gasteiger partial charge in [-0.25, -0.2) is 4.98 Å². The van der Waals surface area contributed by atoms with Crippen molar-refractivity contribution in [1.29, 1.82) is 0 Å². The highest BCUT2D eigenvalue weighted by molar-refractivity contribution is 7.15. The first kappa shape index (κ1) is 16.2. The van der Waals surface area contributed by atoms with Gasteiger partial charge in [0.15, 0.2) is 5.13 Å². The number of esters is 1. The molecule has 0 spiro atoms. The Morgan fingerprint density at radius 2 is 2.47 bits per heavy atom. The molecular formula is C12H20ClN3O2S. The molecule has 0 radical (unpaired) electrons. The van der Waals surface area contributed by atoms with Crippen LogP contribution in [-0.4, -0.2) is 35.5 Å². The first-order valence-corrected chi connectivity index (χ1v) is 7.10. The van der Waals surface area contributed by atoms with Gasteiger partial charge in [0.2, 0.25) is 0 Å². The molecule has 1 aromatic heterocycles. The molecule has 0 aliphatic carbocycles. The van der Waals surface area contributed by atoms with Crippen molar-refractivity contribution in [1.82, 2.24) is 9.88 Å². The van der Waals surface area contributed by atoms with E-state index in [0.29, 0.717) is 11.7 Å². The van der Waals surface area contributed by atoms with Gasteiger partial charge in [-0.3, -0.25) is 9.69 Å². The van der Waals surface area contributed by atoms with Crippen LogP contribution in [0.4, 0.5) is 5.13 Å². The summed E-state index contributed by atoms with van der Waals surface area (Å²) in [7, 11) is 0. The fourth-order valence-electron chi connectivity index (χ4n) is 2.27. The standard InChI is InChI=1S/C12H19N3O2S.ClH/c1-2-17-11(16)9-4-3-5-15(7-9)8-10-6-14-12(13)18-10;/h6,9H,2-5,7-8H2,1H3,(H2,13,14);1H. The van der Waals surface area contributed by atoms with E-state index in [4.69, 9.17) is 10.5 Å². The van der Waals surface area contributed by atoms with Gasteiger partial charge in [-0.15, -0.1) is 23.7 Å². The molecule has 19 heavy (non-hydrogen) atoms. The third kappa shape index (κ3) is 4.63. The average molecular weight is 306 g/mol. The van der Waals surface area contributed by atoms with Gasteiger partial charge in [0.05, 0.1) is 12.5 Å². The van der Waals surface area contributed by atoms with Crippen molar-refractivity contribution < 1.29 is 9.53 Å². The van der Waals surface area contributed by atoms with E-state index in [-0.39, 0.29) is 24.3 Å². The number of aromatic nitrogens is 1. The number of anilines is 1. The van der Waals surface area contributed by atoms with Crippen LogP contribution in [-0.2, 0) is 16.1 Å². The lowest BCUT2D eigenvalue weighted by Crippen LogP contribution is -2.38. The lowest BCUT2D eigenvalue weighted by Gasteiger charge is -2.30. The summed E-state index contributed by atoms with van der Waals surface area (Å²) in [4.78, 5) is 19.2. The van der Waals surface area contributed by atoms with E-state index >= 15 is 0 Å². The second-order valence-corrected chi connectivity index (χ2v) is 5.64. The Balaban J connectivity index is 0.00000180. The summed E-state index contributed by atoms with van der Waals surface area (Å²) >= 11 is 1.51. The molecule has 2 heterocycles. The maximum absolute atomic E-state index is 11.7. The molecule has 1 atom stereocenters. The topological polar surface area (TPSA) is 68.5 Å². The van der Waals surface area contributed by atoms with Crippen LogP contribution >= 0.6 is 23.7 Å². The van der Waals surface area contributed by atoms with Crippen LogP contribution in [0.15, 0.2) is 6.20 Å². The Morgan fingerprint density at radius 1 is 1.68 bits per heavy atom. The summed E-state index contributed by atoms with van der Waals surface area (Å²) in [5, 5.41) is 0.601. The molecule has 0 amide bonds. The highest BCUT2D eigenvalue weighted by atomic mass is 35.5. The van der Waals surface area contributed by atoms with Gasteiger partial charge in [0, 0.05) is 24.2 Å². The Kier molecular flexibility index (Phi) is 6.54. The van der Waals surface area contributed by atoms with Gasteiger partial charge in [-0.1, -0.05) is 0 Å². The number of rotatable bonds is 4. The Morgan fingerprint density at radius 3 is 3.11 bits per heavy atom. The molecule has 2 N–H and O–H groups in total. The maximum Gasteiger partial charge on any atom is 0.310 e. The SMILES string of the molecule is CCOC(=O)C1CCCN(Cc2cnc(N)s2)C1.Cl. The van der Waals surface area contributed by atoms with Gasteiger partial charge in [-0.05, 0) is 26.3 Å². The lowest BCUT2D eigenvalue weighted by molar-refractivity contribution is -0.150. The minimum atomic E-state index is -0.0639. The van der Waals surface area contributed by atoms with Crippen molar-refractivity contribution >= 4 is 34.8 Å². The zero-order valence-electron chi connectivity index (χ0n) is 11.0. The third-order valence-electron chi connectivity index (χ3n) is 3.08. The summed E-state index contributed by atoms with van der Waals surface area (Å²) < 4.78 is 5.09. The van der Waals surface area contributed by atoms with Gasteiger partial charge in [-0.2, -0.15) is 0 Å². The van der Waals surface area contributed by atoms with Gasteiger partial charge in [0.1, 0.15) is 0 Å². The van der Waals surface area contributed by atoms with Gasteiger partial charge in [0.25, 0.3) is 0 Å². The second kappa shape index (κ2) is 7.67. The molecule has 1 aliphatic heterocycles. The molecule has 7 heteroatoms. The predicted octanol–water partition coefficient (Wildman–Crippen LogP) is 1.92. The van der Waals surface area contributed by atoms with Crippen molar-refractivity contribution in [3.05, 3.63) is 11.1 Å². The van der Waals surface area contributed by atoms with Crippen LogP contribution < -0.4 is 5.73 Å². The van der Waals surface area contributed by atoms with Crippen LogP contribution in [0.1, 0.15) is 24.6 Å². The number of hydrogen-bond acceptors (Lipinski definition) is 6. The summed E-state index contributed by atoms with van der Waals surface area (Å²) in [5.41, 5.74) is 5.61. The number of nitrogen functional groups attached to an aromatic ring is 1. The van der Waals surface area contributed by atoms with E-state index in [0.717, 1.165) is 37.4 Å². The van der Waals surface area contributed by atoms with Crippen molar-refractivity contribution in [3.63, 3.8) is 0 Å². The number of piperidine rings is 1. The van der Waals surface area contributed by atoms with Crippen molar-refractivity contribution in [3.8, 4) is 0 Å². The van der Waals surface area contributed by atoms with Crippen LogP contribution in [0.25, 0.3) is 0 Å². The third-order valence-corrected chi connectivity index (χ3v) is 3.89. The fourth-order valence-corrected chi connectivity index (χ4v) is 2.99. The number of ether oxygens (including phenoxy) is 1. The van der Waals surface area contributed by atoms with Crippen molar-refractivity contribution in [2.45, 2.75) is 26.3 Å². The van der Waals surface area contributed by atoms with Crippen LogP contribution in [0.3, 0.4) is 0 Å². The monoisotopic (exact) mass is 305 g/mol. The number of likely N-dealkylation sites (tertiary alicyclic amines) is 1. The lowest BCUT2D eigenvalue weighted by atomic mass is 9.98. The summed E-state index contributed by atoms with van der Waals surface area (Å²) in [6.07, 6.45) is 3.78. The van der Waals surface area contributed by atoms with E-state index in [1.165, 1.54) is 11.3 Å². The minimum Gasteiger partial charge on any atom is -0.466 e. The first-order valence-electron chi connectivity index (χ1n) is 6.28. The van der Waals surface area contributed by atoms with Crippen LogP contribution in [0.2, 0.25) is 0 Å². The Bertz CT molecular complexity index is 413. The summed E-state index contributed by atoms with van der Waals surface area (Å²) in [6.45, 7) is 4.93. The smallest absolute Gasteiger partial charge is 0.310 e. The van der Waals surface area contributed by atoms with Crippen LogP contribution in [0, 0.1) is 5.92 Å². The molecule has 108 valence electrons. The fraction of sp³-hybridized carbons (Fsp3) is 0.667. The zero-order valence-corrected chi connectivity index (χ0v) is 12.6. The molecule has 0 bridgehead atoms.